The van der Waals surface area contributed by atoms with E-state index in [2.05, 4.69) is 10.2 Å². The molecule has 0 fully saturated rings. The highest BCUT2D eigenvalue weighted by molar-refractivity contribution is 5.71. The number of carbonyl (C=O) groups is 1. The molecule has 0 rings (SSSR count). The van der Waals surface area contributed by atoms with Gasteiger partial charge in [0.1, 0.15) is 0 Å². The minimum atomic E-state index is -0.941. The summed E-state index contributed by atoms with van der Waals surface area (Å²) in [6.07, 6.45) is 0.556. The summed E-state index contributed by atoms with van der Waals surface area (Å²) in [6, 6.07) is 1.13. The number of hydrogen-bond donors (Lipinski definition) is 1. The normalized spacial score (nSPS) is 15.6. The van der Waals surface area contributed by atoms with Crippen LogP contribution >= 0.6 is 0 Å². The summed E-state index contributed by atoms with van der Waals surface area (Å²) in [5, 5.41) is 15.6. The summed E-state index contributed by atoms with van der Waals surface area (Å²) < 4.78 is 0. The van der Waals surface area contributed by atoms with Gasteiger partial charge in [0.05, 0.1) is 6.07 Å². The maximum Gasteiger partial charge on any atom is 0.356 e. The van der Waals surface area contributed by atoms with E-state index < -0.39 is 11.6 Å². The second kappa shape index (κ2) is 4.55. The van der Waals surface area contributed by atoms with Crippen LogP contribution in [-0.4, -0.2) is 11.6 Å². The average Bonchev–Trinajstić information content (AvgIpc) is 2.00. The van der Waals surface area contributed by atoms with Crippen LogP contribution in [0.5, 0.6) is 0 Å². The van der Waals surface area contributed by atoms with Crippen molar-refractivity contribution in [3.63, 3.8) is 0 Å². The molecule has 0 aromatic rings. The van der Waals surface area contributed by atoms with Gasteiger partial charge in [-0.2, -0.15) is 10.4 Å². The van der Waals surface area contributed by atoms with Gasteiger partial charge in [-0.05, 0) is 19.3 Å². The topological polar surface area (TPSA) is 91.6 Å². The maximum atomic E-state index is 10.3. The van der Waals surface area contributed by atoms with Crippen LogP contribution in [0.1, 0.15) is 27.2 Å². The number of nitriles is 1. The molecule has 0 aliphatic heterocycles. The van der Waals surface area contributed by atoms with Crippen molar-refractivity contribution in [3.8, 4) is 6.07 Å². The lowest BCUT2D eigenvalue weighted by molar-refractivity contribution is 0.254. The number of rotatable bonds is 3. The van der Waals surface area contributed by atoms with E-state index in [4.69, 9.17) is 11.0 Å². The van der Waals surface area contributed by atoms with Gasteiger partial charge >= 0.3 is 6.03 Å². The predicted molar refractivity (Wildman–Crippen MR) is 47.9 cm³/mol. The zero-order valence-electron chi connectivity index (χ0n) is 8.11. The van der Waals surface area contributed by atoms with Gasteiger partial charge in [0.2, 0.25) is 0 Å². The van der Waals surface area contributed by atoms with Crippen LogP contribution in [0.25, 0.3) is 0 Å². The SMILES string of the molecule is CC(C)CC(C)(C#N)N=NC(N)=O. The van der Waals surface area contributed by atoms with Crippen molar-refractivity contribution in [3.05, 3.63) is 0 Å². The molecule has 1 unspecified atom stereocenters. The molecule has 5 nitrogen and oxygen atoms in total. The molecule has 13 heavy (non-hydrogen) atoms. The Morgan fingerprint density at radius 3 is 2.54 bits per heavy atom. The van der Waals surface area contributed by atoms with Crippen LogP contribution in [0.2, 0.25) is 0 Å². The minimum absolute atomic E-state index is 0.316. The van der Waals surface area contributed by atoms with Gasteiger partial charge in [-0.1, -0.05) is 19.0 Å². The fraction of sp³-hybridized carbons (Fsp3) is 0.750. The number of urea groups is 1. The van der Waals surface area contributed by atoms with E-state index in [1.807, 2.05) is 19.9 Å². The molecule has 0 heterocycles. The third-order valence-corrected chi connectivity index (χ3v) is 1.42. The Hall–Kier alpha value is -1.44. The van der Waals surface area contributed by atoms with Crippen LogP contribution < -0.4 is 5.73 Å². The summed E-state index contributed by atoms with van der Waals surface area (Å²) in [5.74, 6) is 0.316. The fourth-order valence-electron chi connectivity index (χ4n) is 1.06. The zero-order valence-corrected chi connectivity index (χ0v) is 8.11. The third-order valence-electron chi connectivity index (χ3n) is 1.42. The van der Waals surface area contributed by atoms with Gasteiger partial charge in [-0.25, -0.2) is 4.79 Å². The van der Waals surface area contributed by atoms with E-state index in [1.54, 1.807) is 6.92 Å². The number of amides is 2. The van der Waals surface area contributed by atoms with Gasteiger partial charge in [-0.3, -0.25) is 0 Å². The lowest BCUT2D eigenvalue weighted by Gasteiger charge is -2.16. The monoisotopic (exact) mass is 182 g/mol. The molecule has 0 spiro atoms. The molecule has 5 heteroatoms. The highest BCUT2D eigenvalue weighted by Gasteiger charge is 2.24. The molecule has 0 aromatic carbocycles. The number of carbonyl (C=O) groups excluding carboxylic acids is 1. The van der Waals surface area contributed by atoms with Crippen molar-refractivity contribution < 1.29 is 4.79 Å². The Labute approximate surface area is 77.6 Å². The molecule has 0 aliphatic rings. The first kappa shape index (κ1) is 11.6. The van der Waals surface area contributed by atoms with Crippen molar-refractivity contribution in [2.24, 2.45) is 21.9 Å². The quantitative estimate of drug-likeness (QED) is 0.674. The summed E-state index contributed by atoms with van der Waals surface area (Å²) in [5.41, 5.74) is 3.84. The summed E-state index contributed by atoms with van der Waals surface area (Å²) in [4.78, 5) is 10.3. The Morgan fingerprint density at radius 2 is 2.23 bits per heavy atom. The second-order valence-electron chi connectivity index (χ2n) is 3.52. The van der Waals surface area contributed by atoms with Gasteiger partial charge < -0.3 is 5.73 Å². The molecular weight excluding hydrogens is 168 g/mol. The first-order valence-electron chi connectivity index (χ1n) is 4.03. The fourth-order valence-corrected chi connectivity index (χ4v) is 1.06. The van der Waals surface area contributed by atoms with Crippen molar-refractivity contribution in [1.82, 2.24) is 0 Å². The molecule has 0 bridgehead atoms. The number of nitrogens with zero attached hydrogens (tertiary/aromatic N) is 3. The minimum Gasteiger partial charge on any atom is -0.348 e. The molecule has 0 aliphatic carbocycles. The van der Waals surface area contributed by atoms with E-state index in [-0.39, 0.29) is 0 Å². The predicted octanol–water partition coefficient (Wildman–Crippen LogP) is 1.85. The highest BCUT2D eigenvalue weighted by Crippen LogP contribution is 2.20. The number of primary amides is 1. The molecule has 2 N–H and O–H groups in total. The molecule has 0 radical (unpaired) electrons. The van der Waals surface area contributed by atoms with Gasteiger partial charge in [0.25, 0.3) is 0 Å². The van der Waals surface area contributed by atoms with Crippen molar-refractivity contribution >= 4 is 6.03 Å². The van der Waals surface area contributed by atoms with Crippen molar-refractivity contribution in [2.45, 2.75) is 32.7 Å². The Bertz CT molecular complexity index is 253. The van der Waals surface area contributed by atoms with Crippen LogP contribution in [0, 0.1) is 17.2 Å². The summed E-state index contributed by atoms with van der Waals surface area (Å²) in [6.45, 7) is 5.56. The Kier molecular flexibility index (Phi) is 4.05. The van der Waals surface area contributed by atoms with Gasteiger partial charge in [0.15, 0.2) is 5.54 Å². The van der Waals surface area contributed by atoms with Crippen LogP contribution in [0.3, 0.4) is 0 Å². The first-order chi connectivity index (χ1) is 5.89. The lowest BCUT2D eigenvalue weighted by Crippen LogP contribution is -2.22. The summed E-state index contributed by atoms with van der Waals surface area (Å²) >= 11 is 0. The molecular formula is C8H14N4O. The molecule has 72 valence electrons. The van der Waals surface area contributed by atoms with Crippen LogP contribution in [0.4, 0.5) is 4.79 Å². The van der Waals surface area contributed by atoms with E-state index in [0.29, 0.717) is 12.3 Å². The molecule has 0 aromatic heterocycles. The van der Waals surface area contributed by atoms with Crippen LogP contribution in [-0.2, 0) is 0 Å². The highest BCUT2D eigenvalue weighted by atomic mass is 16.2. The van der Waals surface area contributed by atoms with Crippen molar-refractivity contribution in [1.29, 1.82) is 5.26 Å². The number of hydrogen-bond acceptors (Lipinski definition) is 3. The van der Waals surface area contributed by atoms with Crippen molar-refractivity contribution in [2.75, 3.05) is 0 Å². The van der Waals surface area contributed by atoms with Crippen LogP contribution in [0.15, 0.2) is 10.2 Å². The van der Waals surface area contributed by atoms with Gasteiger partial charge in [0, 0.05) is 0 Å². The zero-order chi connectivity index (χ0) is 10.5. The maximum absolute atomic E-state index is 10.3. The lowest BCUT2D eigenvalue weighted by atomic mass is 9.93. The first-order valence-corrected chi connectivity index (χ1v) is 4.03. The Morgan fingerprint density at radius 1 is 1.69 bits per heavy atom. The van der Waals surface area contributed by atoms with E-state index in [0.717, 1.165) is 0 Å². The van der Waals surface area contributed by atoms with E-state index in [1.165, 1.54) is 0 Å². The molecule has 0 saturated heterocycles. The smallest absolute Gasteiger partial charge is 0.348 e. The largest absolute Gasteiger partial charge is 0.356 e. The van der Waals surface area contributed by atoms with E-state index >= 15 is 0 Å². The Balaban J connectivity index is 4.48. The molecule has 1 atom stereocenters. The van der Waals surface area contributed by atoms with Gasteiger partial charge in [-0.15, -0.1) is 0 Å². The van der Waals surface area contributed by atoms with E-state index in [9.17, 15) is 4.79 Å². The second-order valence-corrected chi connectivity index (χ2v) is 3.52. The standard InChI is InChI=1S/C8H14N4O/c1-6(2)4-8(3,5-9)12-11-7(10)13/h6H,4H2,1-3H3,(H2,10,13). The number of nitrogens with two attached hydrogens (primary N) is 1. The summed E-state index contributed by atoms with van der Waals surface area (Å²) in [7, 11) is 0. The third kappa shape index (κ3) is 4.90. The number of azo groups is 1. The molecule has 0 saturated carbocycles. The average molecular weight is 182 g/mol. The molecule has 2 amide bonds.